The van der Waals surface area contributed by atoms with E-state index in [1.54, 1.807) is 0 Å². The molecular weight excluding hydrogens is 182 g/mol. The largest absolute Gasteiger partial charge is 0.325 e. The Kier molecular flexibility index (Phi) is 5.66. The lowest BCUT2D eigenvalue weighted by Gasteiger charge is -2.35. The fraction of sp³-hybridized carbons (Fsp3) is 1.00. The van der Waals surface area contributed by atoms with Crippen LogP contribution in [0.3, 0.4) is 0 Å². The maximum Gasteiger partial charge on any atom is 0.0154 e. The lowest BCUT2D eigenvalue weighted by molar-refractivity contribution is 0.221. The Balaban J connectivity index is 2.42. The van der Waals surface area contributed by atoms with Crippen molar-refractivity contribution in [2.24, 2.45) is 11.7 Å². The van der Waals surface area contributed by atoms with Crippen LogP contribution in [-0.2, 0) is 0 Å². The first-order valence-corrected chi connectivity index (χ1v) is 6.95. The molecule has 1 aliphatic carbocycles. The van der Waals surface area contributed by atoms with E-state index in [4.69, 9.17) is 5.73 Å². The number of rotatable bonds is 4. The zero-order valence-electron chi connectivity index (χ0n) is 10.7. The van der Waals surface area contributed by atoms with Gasteiger partial charge in [-0.05, 0) is 32.1 Å². The molecule has 1 heteroatoms. The van der Waals surface area contributed by atoms with Crippen LogP contribution in [0.15, 0.2) is 0 Å². The molecule has 90 valence electrons. The molecule has 0 radical (unpaired) electrons. The Morgan fingerprint density at radius 3 is 2.13 bits per heavy atom. The number of unbranched alkanes of at least 4 members (excludes halogenated alkanes) is 1. The molecular formula is C14H29N. The average molecular weight is 211 g/mol. The second-order valence-electron chi connectivity index (χ2n) is 5.65. The van der Waals surface area contributed by atoms with Crippen molar-refractivity contribution in [3.05, 3.63) is 0 Å². The maximum absolute atomic E-state index is 6.50. The van der Waals surface area contributed by atoms with Gasteiger partial charge in [0.15, 0.2) is 0 Å². The van der Waals surface area contributed by atoms with E-state index in [9.17, 15) is 0 Å². The molecule has 1 fully saturated rings. The van der Waals surface area contributed by atoms with Gasteiger partial charge in [-0.3, -0.25) is 0 Å². The van der Waals surface area contributed by atoms with E-state index >= 15 is 0 Å². The summed E-state index contributed by atoms with van der Waals surface area (Å²) in [4.78, 5) is 0. The van der Waals surface area contributed by atoms with Crippen molar-refractivity contribution < 1.29 is 0 Å². The molecule has 0 aromatic carbocycles. The molecule has 0 spiro atoms. The van der Waals surface area contributed by atoms with Crippen molar-refractivity contribution in [2.75, 3.05) is 0 Å². The fourth-order valence-electron chi connectivity index (χ4n) is 2.88. The fourth-order valence-corrected chi connectivity index (χ4v) is 2.88. The molecule has 1 aliphatic rings. The summed E-state index contributed by atoms with van der Waals surface area (Å²) >= 11 is 0. The van der Waals surface area contributed by atoms with Gasteiger partial charge in [-0.1, -0.05) is 51.9 Å². The Labute approximate surface area is 95.8 Å². The first kappa shape index (κ1) is 13.0. The quantitative estimate of drug-likeness (QED) is 0.739. The summed E-state index contributed by atoms with van der Waals surface area (Å²) in [6.07, 6.45) is 13.7. The van der Waals surface area contributed by atoms with Gasteiger partial charge < -0.3 is 5.73 Å². The highest BCUT2D eigenvalue weighted by molar-refractivity contribution is 4.87. The molecule has 2 N–H and O–H groups in total. The minimum Gasteiger partial charge on any atom is -0.325 e. The first-order chi connectivity index (χ1) is 7.17. The van der Waals surface area contributed by atoms with Gasteiger partial charge in [0.2, 0.25) is 0 Å². The van der Waals surface area contributed by atoms with Crippen LogP contribution in [-0.4, -0.2) is 5.54 Å². The highest BCUT2D eigenvalue weighted by Gasteiger charge is 2.28. The van der Waals surface area contributed by atoms with E-state index in [1.807, 2.05) is 0 Å². The van der Waals surface area contributed by atoms with E-state index in [2.05, 4.69) is 13.8 Å². The monoisotopic (exact) mass is 211 g/mol. The van der Waals surface area contributed by atoms with Crippen LogP contribution in [0.5, 0.6) is 0 Å². The maximum atomic E-state index is 6.50. The Morgan fingerprint density at radius 1 is 1.07 bits per heavy atom. The normalized spacial score (nSPS) is 24.2. The van der Waals surface area contributed by atoms with Crippen LogP contribution in [0.25, 0.3) is 0 Å². The minimum atomic E-state index is 0.105. The van der Waals surface area contributed by atoms with E-state index in [0.717, 1.165) is 5.92 Å². The van der Waals surface area contributed by atoms with Crippen LogP contribution >= 0.6 is 0 Å². The van der Waals surface area contributed by atoms with Crippen molar-refractivity contribution >= 4 is 0 Å². The predicted molar refractivity (Wildman–Crippen MR) is 67.9 cm³/mol. The lowest BCUT2D eigenvalue weighted by Crippen LogP contribution is -2.44. The Hall–Kier alpha value is -0.0400. The van der Waals surface area contributed by atoms with E-state index < -0.39 is 0 Å². The van der Waals surface area contributed by atoms with E-state index in [1.165, 1.54) is 64.2 Å². The van der Waals surface area contributed by atoms with Gasteiger partial charge in [0.25, 0.3) is 0 Å². The van der Waals surface area contributed by atoms with Gasteiger partial charge in [0.1, 0.15) is 0 Å². The Morgan fingerprint density at radius 2 is 1.60 bits per heavy atom. The van der Waals surface area contributed by atoms with Crippen LogP contribution in [0, 0.1) is 5.92 Å². The molecule has 1 rings (SSSR count). The highest BCUT2D eigenvalue weighted by atomic mass is 14.7. The standard InChI is InChI=1S/C14H29N/c1-3-4-12-14(2,15)13-10-8-6-5-7-9-11-13/h13H,3-12,15H2,1-2H3. The van der Waals surface area contributed by atoms with Crippen LogP contribution in [0.1, 0.15) is 78.1 Å². The molecule has 0 amide bonds. The second-order valence-corrected chi connectivity index (χ2v) is 5.65. The van der Waals surface area contributed by atoms with Crippen molar-refractivity contribution in [3.63, 3.8) is 0 Å². The molecule has 0 aromatic rings. The third-order valence-electron chi connectivity index (χ3n) is 4.11. The zero-order valence-corrected chi connectivity index (χ0v) is 10.7. The summed E-state index contributed by atoms with van der Waals surface area (Å²) in [7, 11) is 0. The average Bonchev–Trinajstić information content (AvgIpc) is 2.13. The summed E-state index contributed by atoms with van der Waals surface area (Å²) in [5.74, 6) is 0.782. The molecule has 1 saturated carbocycles. The van der Waals surface area contributed by atoms with Gasteiger partial charge >= 0.3 is 0 Å². The van der Waals surface area contributed by atoms with E-state index in [-0.39, 0.29) is 5.54 Å². The van der Waals surface area contributed by atoms with Crippen LogP contribution < -0.4 is 5.73 Å². The summed E-state index contributed by atoms with van der Waals surface area (Å²) < 4.78 is 0. The summed E-state index contributed by atoms with van der Waals surface area (Å²) in [6, 6.07) is 0. The minimum absolute atomic E-state index is 0.105. The number of hydrogen-bond donors (Lipinski definition) is 1. The predicted octanol–water partition coefficient (Wildman–Crippen LogP) is 4.25. The van der Waals surface area contributed by atoms with Gasteiger partial charge in [-0.15, -0.1) is 0 Å². The molecule has 0 heterocycles. The van der Waals surface area contributed by atoms with Gasteiger partial charge in [0, 0.05) is 5.54 Å². The molecule has 1 unspecified atom stereocenters. The van der Waals surface area contributed by atoms with Crippen molar-refractivity contribution in [2.45, 2.75) is 83.6 Å². The number of hydrogen-bond acceptors (Lipinski definition) is 1. The number of nitrogens with two attached hydrogens (primary N) is 1. The van der Waals surface area contributed by atoms with Gasteiger partial charge in [-0.25, -0.2) is 0 Å². The van der Waals surface area contributed by atoms with Crippen LogP contribution in [0.4, 0.5) is 0 Å². The summed E-state index contributed by atoms with van der Waals surface area (Å²) in [5, 5.41) is 0. The smallest absolute Gasteiger partial charge is 0.0154 e. The molecule has 0 aromatic heterocycles. The van der Waals surface area contributed by atoms with Crippen LogP contribution in [0.2, 0.25) is 0 Å². The second kappa shape index (κ2) is 6.52. The molecule has 0 saturated heterocycles. The third kappa shape index (κ3) is 4.55. The molecule has 0 bridgehead atoms. The van der Waals surface area contributed by atoms with Crippen molar-refractivity contribution in [1.82, 2.24) is 0 Å². The molecule has 15 heavy (non-hydrogen) atoms. The van der Waals surface area contributed by atoms with Gasteiger partial charge in [0.05, 0.1) is 0 Å². The molecule has 1 nitrogen and oxygen atoms in total. The Bertz CT molecular complexity index is 155. The molecule has 0 aliphatic heterocycles. The molecule has 1 atom stereocenters. The highest BCUT2D eigenvalue weighted by Crippen LogP contribution is 2.32. The van der Waals surface area contributed by atoms with Crippen molar-refractivity contribution in [1.29, 1.82) is 0 Å². The summed E-state index contributed by atoms with van der Waals surface area (Å²) in [5.41, 5.74) is 6.60. The van der Waals surface area contributed by atoms with E-state index in [0.29, 0.717) is 0 Å². The topological polar surface area (TPSA) is 26.0 Å². The zero-order chi connectivity index (χ0) is 11.1. The van der Waals surface area contributed by atoms with Crippen molar-refractivity contribution in [3.8, 4) is 0 Å². The summed E-state index contributed by atoms with van der Waals surface area (Å²) in [6.45, 7) is 4.54. The third-order valence-corrected chi connectivity index (χ3v) is 4.11. The lowest BCUT2D eigenvalue weighted by atomic mass is 9.75. The first-order valence-electron chi connectivity index (χ1n) is 6.95. The SMILES string of the molecule is CCCCC(C)(N)C1CCCCCCC1. The van der Waals surface area contributed by atoms with Gasteiger partial charge in [-0.2, -0.15) is 0 Å².